The van der Waals surface area contributed by atoms with E-state index in [0.29, 0.717) is 13.0 Å². The van der Waals surface area contributed by atoms with Crippen molar-refractivity contribution in [2.75, 3.05) is 19.6 Å². The summed E-state index contributed by atoms with van der Waals surface area (Å²) >= 11 is 0. The van der Waals surface area contributed by atoms with Crippen LogP contribution in [-0.4, -0.2) is 71.3 Å². The third kappa shape index (κ3) is 11.4. The molecular formula is C27H46N4O5. The molecule has 1 rings (SSSR count). The molecular weight excluding hydrogens is 460 g/mol. The van der Waals surface area contributed by atoms with E-state index in [1.165, 1.54) is 4.90 Å². The normalized spacial score (nSPS) is 14.5. The van der Waals surface area contributed by atoms with Gasteiger partial charge in [0.05, 0.1) is 25.2 Å². The van der Waals surface area contributed by atoms with Crippen LogP contribution < -0.4 is 16.4 Å². The molecule has 5 N–H and O–H groups in total. The lowest BCUT2D eigenvalue weighted by atomic mass is 9.85. The molecule has 0 unspecified atom stereocenters. The maximum Gasteiger partial charge on any atom is 0.410 e. The number of nitrogens with two attached hydrogens (primary N) is 1. The van der Waals surface area contributed by atoms with Crippen LogP contribution in [0.25, 0.3) is 0 Å². The average Bonchev–Trinajstić information content (AvgIpc) is 2.74. The van der Waals surface area contributed by atoms with Gasteiger partial charge in [0.1, 0.15) is 11.6 Å². The van der Waals surface area contributed by atoms with E-state index in [0.717, 1.165) is 5.56 Å². The summed E-state index contributed by atoms with van der Waals surface area (Å²) in [5.74, 6) is -0.737. The Balaban J connectivity index is 3.21. The Kier molecular flexibility index (Phi) is 11.9. The standard InChI is InChI=1S/C27H46N4O5/c1-18(2)16-31(25(35)36-27(6,7)8)17-21(32)20(14-19-12-10-9-11-13-19)29-24(34)23(26(3,4)5)30-22(33)15-28/h9-13,18,20-21,23,32H,14-17,28H2,1-8H3,(H,29,34)(H,30,33)/t20-,21+,23+/m0/s1. The number of amides is 3. The Morgan fingerprint density at radius 2 is 1.58 bits per heavy atom. The van der Waals surface area contributed by atoms with E-state index in [2.05, 4.69) is 10.6 Å². The lowest BCUT2D eigenvalue weighted by Crippen LogP contribution is -2.59. The lowest BCUT2D eigenvalue weighted by Gasteiger charge is -2.35. The number of ether oxygens (including phenoxy) is 1. The van der Waals surface area contributed by atoms with Gasteiger partial charge in [0.25, 0.3) is 0 Å². The maximum absolute atomic E-state index is 13.3. The molecule has 9 heteroatoms. The first-order valence-corrected chi connectivity index (χ1v) is 12.5. The van der Waals surface area contributed by atoms with E-state index in [9.17, 15) is 19.5 Å². The summed E-state index contributed by atoms with van der Waals surface area (Å²) in [6.07, 6.45) is -1.28. The fourth-order valence-electron chi connectivity index (χ4n) is 3.66. The number of aliphatic hydroxyl groups is 1. The van der Waals surface area contributed by atoms with Crippen molar-refractivity contribution in [2.45, 2.75) is 85.6 Å². The SMILES string of the molecule is CC(C)CN(C[C@@H](O)[C@H](Cc1ccccc1)NC(=O)[C@@H](NC(=O)CN)C(C)(C)C)C(=O)OC(C)(C)C. The molecule has 1 aromatic carbocycles. The summed E-state index contributed by atoms with van der Waals surface area (Å²) in [5.41, 5.74) is 5.07. The summed E-state index contributed by atoms with van der Waals surface area (Å²) < 4.78 is 5.55. The van der Waals surface area contributed by atoms with Gasteiger partial charge >= 0.3 is 6.09 Å². The lowest BCUT2D eigenvalue weighted by molar-refractivity contribution is -0.132. The topological polar surface area (TPSA) is 134 Å². The molecule has 3 amide bonds. The van der Waals surface area contributed by atoms with Gasteiger partial charge in [-0.25, -0.2) is 4.79 Å². The quantitative estimate of drug-likeness (QED) is 0.364. The maximum atomic E-state index is 13.3. The Bertz CT molecular complexity index is 846. The summed E-state index contributed by atoms with van der Waals surface area (Å²) in [4.78, 5) is 39.7. The smallest absolute Gasteiger partial charge is 0.410 e. The highest BCUT2D eigenvalue weighted by molar-refractivity contribution is 5.89. The Morgan fingerprint density at radius 3 is 2.06 bits per heavy atom. The Hall–Kier alpha value is -2.65. The number of hydrogen-bond acceptors (Lipinski definition) is 6. The van der Waals surface area contributed by atoms with Gasteiger partial charge in [-0.05, 0) is 44.1 Å². The van der Waals surface area contributed by atoms with Crippen molar-refractivity contribution in [1.82, 2.24) is 15.5 Å². The van der Waals surface area contributed by atoms with Crippen LogP contribution in [0.5, 0.6) is 0 Å². The van der Waals surface area contributed by atoms with Crippen LogP contribution in [0.15, 0.2) is 30.3 Å². The fraction of sp³-hybridized carbons (Fsp3) is 0.667. The van der Waals surface area contributed by atoms with Crippen molar-refractivity contribution in [3.8, 4) is 0 Å². The summed E-state index contributed by atoms with van der Waals surface area (Å²) in [5, 5.41) is 16.9. The molecule has 0 heterocycles. The van der Waals surface area contributed by atoms with Gasteiger partial charge in [-0.15, -0.1) is 0 Å². The average molecular weight is 507 g/mol. The van der Waals surface area contributed by atoms with Crippen molar-refractivity contribution in [3.63, 3.8) is 0 Å². The van der Waals surface area contributed by atoms with E-state index >= 15 is 0 Å². The van der Waals surface area contributed by atoms with E-state index in [4.69, 9.17) is 10.5 Å². The fourth-order valence-corrected chi connectivity index (χ4v) is 3.66. The molecule has 204 valence electrons. The highest BCUT2D eigenvalue weighted by Crippen LogP contribution is 2.20. The van der Waals surface area contributed by atoms with Gasteiger partial charge in [-0.2, -0.15) is 0 Å². The predicted molar refractivity (Wildman–Crippen MR) is 141 cm³/mol. The molecule has 0 radical (unpaired) electrons. The molecule has 0 bridgehead atoms. The van der Waals surface area contributed by atoms with Crippen LogP contribution in [0, 0.1) is 11.3 Å². The first kappa shape index (κ1) is 31.4. The van der Waals surface area contributed by atoms with Crippen molar-refractivity contribution in [1.29, 1.82) is 0 Å². The van der Waals surface area contributed by atoms with Crippen LogP contribution in [0.2, 0.25) is 0 Å². The molecule has 1 aromatic rings. The predicted octanol–water partition coefficient (Wildman–Crippen LogP) is 2.46. The molecule has 0 spiro atoms. The van der Waals surface area contributed by atoms with E-state index < -0.39 is 47.1 Å². The minimum absolute atomic E-state index is 0.0276. The largest absolute Gasteiger partial charge is 0.444 e. The van der Waals surface area contributed by atoms with Gasteiger partial charge < -0.3 is 31.1 Å². The second-order valence-corrected chi connectivity index (χ2v) is 11.7. The van der Waals surface area contributed by atoms with Gasteiger partial charge in [0.2, 0.25) is 11.8 Å². The third-order valence-electron chi connectivity index (χ3n) is 5.35. The summed E-state index contributed by atoms with van der Waals surface area (Å²) in [6, 6.07) is 7.87. The number of nitrogens with one attached hydrogen (secondary N) is 2. The molecule has 9 nitrogen and oxygen atoms in total. The number of aliphatic hydroxyl groups excluding tert-OH is 1. The highest BCUT2D eigenvalue weighted by atomic mass is 16.6. The van der Waals surface area contributed by atoms with Crippen LogP contribution >= 0.6 is 0 Å². The monoisotopic (exact) mass is 506 g/mol. The second-order valence-electron chi connectivity index (χ2n) is 11.7. The van der Waals surface area contributed by atoms with Gasteiger partial charge in [-0.1, -0.05) is 65.0 Å². The zero-order valence-corrected chi connectivity index (χ0v) is 23.1. The number of carbonyl (C=O) groups excluding carboxylic acids is 3. The van der Waals surface area contributed by atoms with Crippen LogP contribution in [-0.2, 0) is 20.7 Å². The number of benzene rings is 1. The van der Waals surface area contributed by atoms with Crippen molar-refractivity contribution < 1.29 is 24.2 Å². The summed E-state index contributed by atoms with van der Waals surface area (Å²) in [6.45, 7) is 14.9. The molecule has 3 atom stereocenters. The molecule has 0 aliphatic rings. The molecule has 0 saturated carbocycles. The molecule has 0 aliphatic heterocycles. The zero-order valence-electron chi connectivity index (χ0n) is 23.1. The molecule has 0 aromatic heterocycles. The second kappa shape index (κ2) is 13.6. The van der Waals surface area contributed by atoms with Gasteiger partial charge in [0, 0.05) is 6.54 Å². The van der Waals surface area contributed by atoms with Crippen LogP contribution in [0.4, 0.5) is 4.79 Å². The molecule has 36 heavy (non-hydrogen) atoms. The summed E-state index contributed by atoms with van der Waals surface area (Å²) in [7, 11) is 0. The molecule has 0 saturated heterocycles. The van der Waals surface area contributed by atoms with Crippen LogP contribution in [0.3, 0.4) is 0 Å². The molecule has 0 aliphatic carbocycles. The minimum atomic E-state index is -1.09. The molecule has 0 fully saturated rings. The Labute approximate surface area is 216 Å². The van der Waals surface area contributed by atoms with Crippen molar-refractivity contribution in [2.24, 2.45) is 17.1 Å². The van der Waals surface area contributed by atoms with Gasteiger partial charge in [0.15, 0.2) is 0 Å². The van der Waals surface area contributed by atoms with Crippen molar-refractivity contribution in [3.05, 3.63) is 35.9 Å². The highest BCUT2D eigenvalue weighted by Gasteiger charge is 2.36. The zero-order chi connectivity index (χ0) is 27.7. The van der Waals surface area contributed by atoms with E-state index in [1.54, 1.807) is 20.8 Å². The number of hydrogen-bond donors (Lipinski definition) is 4. The third-order valence-corrected chi connectivity index (χ3v) is 5.35. The van der Waals surface area contributed by atoms with Crippen molar-refractivity contribution >= 4 is 17.9 Å². The first-order valence-electron chi connectivity index (χ1n) is 12.5. The number of nitrogens with zero attached hydrogens (tertiary/aromatic N) is 1. The van der Waals surface area contributed by atoms with E-state index in [1.807, 2.05) is 65.0 Å². The van der Waals surface area contributed by atoms with E-state index in [-0.39, 0.29) is 19.0 Å². The van der Waals surface area contributed by atoms with Gasteiger partial charge in [-0.3, -0.25) is 9.59 Å². The number of carbonyl (C=O) groups is 3. The number of rotatable bonds is 11. The minimum Gasteiger partial charge on any atom is -0.444 e. The first-order chi connectivity index (χ1) is 16.5. The Morgan fingerprint density at radius 1 is 1.00 bits per heavy atom. The van der Waals surface area contributed by atoms with Crippen LogP contribution in [0.1, 0.15) is 61.0 Å².